The molecule has 0 saturated heterocycles. The van der Waals surface area contributed by atoms with Crippen LogP contribution in [0.2, 0.25) is 6.04 Å². The van der Waals surface area contributed by atoms with Crippen LogP contribution < -0.4 is 0 Å². The molecule has 0 saturated carbocycles. The van der Waals surface area contributed by atoms with Crippen LogP contribution in [-0.2, 0) is 13.3 Å². The fraction of sp³-hybridized carbons (Fsp3) is 1.00. The molecule has 0 aliphatic heterocycles. The molecule has 92 valence electrons. The maximum Gasteiger partial charge on any atom is 0.500 e. The van der Waals surface area contributed by atoms with E-state index in [9.17, 15) is 0 Å². The Morgan fingerprint density at radius 3 is 2.07 bits per heavy atom. The molecule has 0 atom stereocenters. The van der Waals surface area contributed by atoms with Crippen molar-refractivity contribution in [2.24, 2.45) is 5.92 Å². The molecule has 0 aromatic heterocycles. The number of rotatable bonds is 9. The number of hydrogen-bond donors (Lipinski definition) is 0. The van der Waals surface area contributed by atoms with Crippen molar-refractivity contribution >= 4 is 8.80 Å². The van der Waals surface area contributed by atoms with Crippen molar-refractivity contribution in [2.75, 3.05) is 20.8 Å². The van der Waals surface area contributed by atoms with Crippen LogP contribution in [0.15, 0.2) is 0 Å². The Morgan fingerprint density at radius 1 is 1.07 bits per heavy atom. The monoisotopic (exact) mass is 234 g/mol. The van der Waals surface area contributed by atoms with Gasteiger partial charge in [-0.3, -0.25) is 0 Å². The van der Waals surface area contributed by atoms with Gasteiger partial charge in [-0.2, -0.15) is 0 Å². The average Bonchev–Trinajstić information content (AvgIpc) is 2.22. The fourth-order valence-corrected chi connectivity index (χ4v) is 3.82. The first-order valence-corrected chi connectivity index (χ1v) is 7.77. The molecule has 0 spiro atoms. The molecule has 0 amide bonds. The van der Waals surface area contributed by atoms with Gasteiger partial charge in [0, 0.05) is 26.9 Å². The molecule has 3 nitrogen and oxygen atoms in total. The zero-order valence-electron chi connectivity index (χ0n) is 10.8. The van der Waals surface area contributed by atoms with Crippen LogP contribution in [-0.4, -0.2) is 29.6 Å². The molecule has 0 N–H and O–H groups in total. The quantitative estimate of drug-likeness (QED) is 0.453. The summed E-state index contributed by atoms with van der Waals surface area (Å²) >= 11 is 0. The van der Waals surface area contributed by atoms with Crippen LogP contribution in [0.25, 0.3) is 0 Å². The maximum atomic E-state index is 5.84. The van der Waals surface area contributed by atoms with Crippen LogP contribution in [0, 0.1) is 5.92 Å². The molecule has 0 aromatic rings. The van der Waals surface area contributed by atoms with E-state index in [1.54, 1.807) is 14.2 Å². The van der Waals surface area contributed by atoms with Gasteiger partial charge in [0.1, 0.15) is 0 Å². The molecular formula is C11H26O3Si. The van der Waals surface area contributed by atoms with E-state index in [1.807, 2.05) is 0 Å². The lowest BCUT2D eigenvalue weighted by atomic mass is 10.3. The van der Waals surface area contributed by atoms with E-state index in [2.05, 4.69) is 20.8 Å². The summed E-state index contributed by atoms with van der Waals surface area (Å²) in [5, 5.41) is 0. The van der Waals surface area contributed by atoms with Crippen molar-refractivity contribution in [1.82, 2.24) is 0 Å². The van der Waals surface area contributed by atoms with Gasteiger partial charge < -0.3 is 13.3 Å². The largest absolute Gasteiger partial charge is 0.500 e. The van der Waals surface area contributed by atoms with Crippen LogP contribution in [0.1, 0.15) is 40.0 Å². The van der Waals surface area contributed by atoms with E-state index < -0.39 is 8.80 Å². The number of unbranched alkanes of at least 4 members (excludes halogenated alkanes) is 2. The lowest BCUT2D eigenvalue weighted by Crippen LogP contribution is -2.45. The minimum atomic E-state index is -2.36. The summed E-state index contributed by atoms with van der Waals surface area (Å²) in [4.78, 5) is 0. The van der Waals surface area contributed by atoms with Gasteiger partial charge in [0.05, 0.1) is 0 Å². The van der Waals surface area contributed by atoms with Gasteiger partial charge in [0.2, 0.25) is 0 Å². The summed E-state index contributed by atoms with van der Waals surface area (Å²) in [7, 11) is 1.03. The molecule has 0 aliphatic rings. The maximum absolute atomic E-state index is 5.84. The van der Waals surface area contributed by atoms with Crippen molar-refractivity contribution < 1.29 is 13.3 Å². The molecule has 4 heteroatoms. The van der Waals surface area contributed by atoms with Crippen LogP contribution in [0.3, 0.4) is 0 Å². The highest BCUT2D eigenvalue weighted by Gasteiger charge is 2.39. The second-order valence-corrected chi connectivity index (χ2v) is 7.12. The van der Waals surface area contributed by atoms with E-state index in [1.165, 1.54) is 12.8 Å². The normalized spacial score (nSPS) is 12.4. The molecule has 0 aromatic carbocycles. The van der Waals surface area contributed by atoms with Gasteiger partial charge in [-0.25, -0.2) is 0 Å². The third-order valence-corrected chi connectivity index (χ3v) is 5.55. The SMILES string of the molecule is CCCCCO[Si](CC(C)C)(OC)OC. The van der Waals surface area contributed by atoms with Gasteiger partial charge in [-0.15, -0.1) is 0 Å². The molecule has 0 rings (SSSR count). The smallest absolute Gasteiger partial charge is 0.377 e. The molecular weight excluding hydrogens is 208 g/mol. The van der Waals surface area contributed by atoms with Gasteiger partial charge in [0.15, 0.2) is 0 Å². The summed E-state index contributed by atoms with van der Waals surface area (Å²) in [6.45, 7) is 7.27. The van der Waals surface area contributed by atoms with Gasteiger partial charge in [0.25, 0.3) is 0 Å². The van der Waals surface area contributed by atoms with Crippen molar-refractivity contribution in [3.05, 3.63) is 0 Å². The Hall–Kier alpha value is 0.0969. The Kier molecular flexibility index (Phi) is 8.33. The highest BCUT2D eigenvalue weighted by atomic mass is 28.4. The van der Waals surface area contributed by atoms with Crippen LogP contribution in [0.4, 0.5) is 0 Å². The standard InChI is InChI=1S/C11H26O3Si/c1-6-7-8-9-14-15(12-4,13-5)10-11(2)3/h11H,6-10H2,1-5H3. The molecule has 0 radical (unpaired) electrons. The van der Waals surface area contributed by atoms with Crippen molar-refractivity contribution in [3.63, 3.8) is 0 Å². The Balaban J connectivity index is 4.00. The lowest BCUT2D eigenvalue weighted by molar-refractivity contribution is 0.0930. The molecule has 15 heavy (non-hydrogen) atoms. The average molecular weight is 234 g/mol. The van der Waals surface area contributed by atoms with Crippen LogP contribution >= 0.6 is 0 Å². The van der Waals surface area contributed by atoms with Crippen molar-refractivity contribution in [2.45, 2.75) is 46.1 Å². The van der Waals surface area contributed by atoms with Gasteiger partial charge in [-0.1, -0.05) is 33.6 Å². The molecule has 0 fully saturated rings. The zero-order valence-corrected chi connectivity index (χ0v) is 11.8. The van der Waals surface area contributed by atoms with Crippen LogP contribution in [0.5, 0.6) is 0 Å². The van der Waals surface area contributed by atoms with Gasteiger partial charge >= 0.3 is 8.80 Å². The Morgan fingerprint density at radius 2 is 1.67 bits per heavy atom. The fourth-order valence-electron chi connectivity index (χ4n) is 1.51. The first-order valence-electron chi connectivity index (χ1n) is 5.84. The second-order valence-electron chi connectivity index (χ2n) is 4.24. The van der Waals surface area contributed by atoms with E-state index in [-0.39, 0.29) is 0 Å². The minimum Gasteiger partial charge on any atom is -0.377 e. The van der Waals surface area contributed by atoms with E-state index in [0.29, 0.717) is 5.92 Å². The molecule has 0 unspecified atom stereocenters. The molecule has 0 aliphatic carbocycles. The minimum absolute atomic E-state index is 0.544. The third-order valence-electron chi connectivity index (χ3n) is 2.35. The first kappa shape index (κ1) is 15.1. The Labute approximate surface area is 95.5 Å². The van der Waals surface area contributed by atoms with E-state index in [0.717, 1.165) is 19.1 Å². The topological polar surface area (TPSA) is 27.7 Å². The highest BCUT2D eigenvalue weighted by molar-refractivity contribution is 6.60. The van der Waals surface area contributed by atoms with Gasteiger partial charge in [-0.05, 0) is 12.3 Å². The second kappa shape index (κ2) is 8.27. The molecule has 0 bridgehead atoms. The first-order chi connectivity index (χ1) is 7.10. The van der Waals surface area contributed by atoms with Crippen molar-refractivity contribution in [1.29, 1.82) is 0 Å². The number of hydrogen-bond acceptors (Lipinski definition) is 3. The van der Waals surface area contributed by atoms with E-state index >= 15 is 0 Å². The van der Waals surface area contributed by atoms with E-state index in [4.69, 9.17) is 13.3 Å². The predicted molar refractivity (Wildman–Crippen MR) is 64.9 cm³/mol. The highest BCUT2D eigenvalue weighted by Crippen LogP contribution is 2.20. The zero-order chi connectivity index (χ0) is 11.7. The summed E-state index contributed by atoms with van der Waals surface area (Å²) in [5.41, 5.74) is 0. The summed E-state index contributed by atoms with van der Waals surface area (Å²) in [5.74, 6) is 0.544. The molecule has 0 heterocycles. The third kappa shape index (κ3) is 6.30. The summed E-state index contributed by atoms with van der Waals surface area (Å²) in [6, 6.07) is 0.895. The Bertz CT molecular complexity index is 147. The summed E-state index contributed by atoms with van der Waals surface area (Å²) in [6.07, 6.45) is 3.51. The lowest BCUT2D eigenvalue weighted by Gasteiger charge is -2.27. The predicted octanol–water partition coefficient (Wildman–Crippen LogP) is 3.08. The van der Waals surface area contributed by atoms with Crippen molar-refractivity contribution in [3.8, 4) is 0 Å². The summed E-state index contributed by atoms with van der Waals surface area (Å²) < 4.78 is 16.8.